The number of aromatic nitrogens is 2. The zero-order chi connectivity index (χ0) is 13.8. The van der Waals surface area contributed by atoms with E-state index < -0.39 is 0 Å². The molecule has 0 spiro atoms. The van der Waals surface area contributed by atoms with E-state index in [2.05, 4.69) is 14.9 Å². The maximum absolute atomic E-state index is 9.93. The number of aliphatic hydroxyl groups excluding tert-OH is 1. The Balaban J connectivity index is 1.82. The molecule has 2 N–H and O–H groups in total. The monoisotopic (exact) mass is 266 g/mol. The van der Waals surface area contributed by atoms with Crippen LogP contribution in [0.25, 0.3) is 0 Å². The Morgan fingerprint density at radius 1 is 1.42 bits per heavy atom. The molecule has 0 aromatic carbocycles. The van der Waals surface area contributed by atoms with Gasteiger partial charge < -0.3 is 19.9 Å². The number of hydrogen-bond acceptors (Lipinski definition) is 4. The molecule has 1 aliphatic carbocycles. The van der Waals surface area contributed by atoms with E-state index in [1.807, 2.05) is 32.2 Å². The molecule has 1 aromatic heterocycles. The number of aliphatic hydroxyl groups is 1. The third-order valence-corrected chi connectivity index (χ3v) is 4.04. The number of rotatable bonds is 5. The number of hydrogen-bond donors (Lipinski definition) is 2. The maximum Gasteiger partial charge on any atom is 0.204 e. The summed E-state index contributed by atoms with van der Waals surface area (Å²) >= 11 is 0. The fourth-order valence-electron chi connectivity index (χ4n) is 2.83. The first-order chi connectivity index (χ1) is 9.09. The van der Waals surface area contributed by atoms with Crippen molar-refractivity contribution in [2.75, 3.05) is 25.5 Å². The topological polar surface area (TPSA) is 53.3 Å². The van der Waals surface area contributed by atoms with Crippen LogP contribution in [-0.2, 0) is 13.6 Å². The highest BCUT2D eigenvalue weighted by molar-refractivity contribution is 5.30. The van der Waals surface area contributed by atoms with Crippen molar-refractivity contribution in [2.45, 2.75) is 38.3 Å². The first-order valence-corrected chi connectivity index (χ1v) is 7.16. The minimum Gasteiger partial charge on any atom is -0.393 e. The second kappa shape index (κ2) is 6.39. The first-order valence-electron chi connectivity index (χ1n) is 7.16. The Kier molecular flexibility index (Phi) is 4.82. The second-order valence-corrected chi connectivity index (χ2v) is 5.75. The van der Waals surface area contributed by atoms with Gasteiger partial charge in [-0.05, 0) is 18.8 Å². The standard InChI is InChI=1S/C14H26N4O/c1-17(2)14-16-10-12(18(14)3)9-15-8-11-6-4-5-7-13(11)19/h10-11,13,15,19H,4-9H2,1-3H3. The summed E-state index contributed by atoms with van der Waals surface area (Å²) in [6.07, 6.45) is 6.32. The van der Waals surface area contributed by atoms with E-state index in [0.29, 0.717) is 5.92 Å². The molecule has 0 amide bonds. The first kappa shape index (κ1) is 14.3. The van der Waals surface area contributed by atoms with Crippen molar-refractivity contribution in [1.82, 2.24) is 14.9 Å². The summed E-state index contributed by atoms with van der Waals surface area (Å²) in [6, 6.07) is 0. The van der Waals surface area contributed by atoms with E-state index >= 15 is 0 Å². The molecule has 5 heteroatoms. The molecule has 5 nitrogen and oxygen atoms in total. The predicted molar refractivity (Wildman–Crippen MR) is 77.2 cm³/mol. The highest BCUT2D eigenvalue weighted by Gasteiger charge is 2.22. The van der Waals surface area contributed by atoms with Crippen LogP contribution >= 0.6 is 0 Å². The highest BCUT2D eigenvalue weighted by atomic mass is 16.3. The van der Waals surface area contributed by atoms with Crippen LogP contribution in [0, 0.1) is 5.92 Å². The summed E-state index contributed by atoms with van der Waals surface area (Å²) in [7, 11) is 6.03. The molecule has 0 saturated heterocycles. The minimum absolute atomic E-state index is 0.120. The quantitative estimate of drug-likeness (QED) is 0.839. The molecule has 1 aliphatic rings. The van der Waals surface area contributed by atoms with Gasteiger partial charge in [0.1, 0.15) is 0 Å². The van der Waals surface area contributed by atoms with Gasteiger partial charge in [0.05, 0.1) is 18.0 Å². The SMILES string of the molecule is CN(C)c1ncc(CNCC2CCCCC2O)n1C. The molecule has 2 atom stereocenters. The average Bonchev–Trinajstić information content (AvgIpc) is 2.74. The summed E-state index contributed by atoms with van der Waals surface area (Å²) < 4.78 is 2.10. The zero-order valence-corrected chi connectivity index (χ0v) is 12.3. The van der Waals surface area contributed by atoms with Crippen molar-refractivity contribution in [3.8, 4) is 0 Å². The van der Waals surface area contributed by atoms with Gasteiger partial charge in [-0.2, -0.15) is 0 Å². The Morgan fingerprint density at radius 2 is 2.16 bits per heavy atom. The van der Waals surface area contributed by atoms with Gasteiger partial charge in [0, 0.05) is 34.2 Å². The fourth-order valence-corrected chi connectivity index (χ4v) is 2.83. The van der Waals surface area contributed by atoms with Crippen LogP contribution in [-0.4, -0.2) is 41.4 Å². The lowest BCUT2D eigenvalue weighted by molar-refractivity contribution is 0.0694. The lowest BCUT2D eigenvalue weighted by Crippen LogP contribution is -2.33. The summed E-state index contributed by atoms with van der Waals surface area (Å²) in [5.74, 6) is 1.38. The summed E-state index contributed by atoms with van der Waals surface area (Å²) in [6.45, 7) is 1.70. The van der Waals surface area contributed by atoms with Crippen LogP contribution < -0.4 is 10.2 Å². The van der Waals surface area contributed by atoms with Gasteiger partial charge in [0.2, 0.25) is 5.95 Å². The van der Waals surface area contributed by atoms with Crippen LogP contribution in [0.3, 0.4) is 0 Å². The summed E-state index contributed by atoms with van der Waals surface area (Å²) in [5, 5.41) is 13.4. The van der Waals surface area contributed by atoms with Crippen LogP contribution in [0.1, 0.15) is 31.4 Å². The largest absolute Gasteiger partial charge is 0.393 e. The van der Waals surface area contributed by atoms with Gasteiger partial charge in [-0.25, -0.2) is 4.98 Å². The van der Waals surface area contributed by atoms with Crippen molar-refractivity contribution in [1.29, 1.82) is 0 Å². The van der Waals surface area contributed by atoms with E-state index in [1.54, 1.807) is 0 Å². The van der Waals surface area contributed by atoms with E-state index in [-0.39, 0.29) is 6.10 Å². The fraction of sp³-hybridized carbons (Fsp3) is 0.786. The Labute approximate surface area is 115 Å². The van der Waals surface area contributed by atoms with Crippen molar-refractivity contribution in [3.05, 3.63) is 11.9 Å². The predicted octanol–water partition coefficient (Wildman–Crippen LogP) is 1.13. The number of nitrogens with one attached hydrogen (secondary N) is 1. The average molecular weight is 266 g/mol. The number of anilines is 1. The van der Waals surface area contributed by atoms with Gasteiger partial charge in [-0.1, -0.05) is 12.8 Å². The molecule has 1 aromatic rings. The molecule has 1 saturated carbocycles. The van der Waals surface area contributed by atoms with E-state index in [1.165, 1.54) is 18.5 Å². The third kappa shape index (κ3) is 3.48. The molecule has 19 heavy (non-hydrogen) atoms. The van der Waals surface area contributed by atoms with Crippen molar-refractivity contribution in [2.24, 2.45) is 13.0 Å². The number of nitrogens with zero attached hydrogens (tertiary/aromatic N) is 3. The molecule has 0 radical (unpaired) electrons. The zero-order valence-electron chi connectivity index (χ0n) is 12.3. The Morgan fingerprint density at radius 3 is 2.79 bits per heavy atom. The van der Waals surface area contributed by atoms with Gasteiger partial charge in [0.25, 0.3) is 0 Å². The lowest BCUT2D eigenvalue weighted by atomic mass is 9.86. The van der Waals surface area contributed by atoms with E-state index in [4.69, 9.17) is 0 Å². The van der Waals surface area contributed by atoms with E-state index in [9.17, 15) is 5.11 Å². The molecular formula is C14H26N4O. The van der Waals surface area contributed by atoms with Gasteiger partial charge >= 0.3 is 0 Å². The minimum atomic E-state index is -0.120. The Hall–Kier alpha value is -1.07. The molecule has 0 bridgehead atoms. The van der Waals surface area contributed by atoms with Crippen LogP contribution in [0.5, 0.6) is 0 Å². The Bertz CT molecular complexity index is 402. The maximum atomic E-state index is 9.93. The van der Waals surface area contributed by atoms with Gasteiger partial charge in [-0.3, -0.25) is 0 Å². The van der Waals surface area contributed by atoms with Crippen molar-refractivity contribution >= 4 is 5.95 Å². The lowest BCUT2D eigenvalue weighted by Gasteiger charge is -2.27. The molecule has 1 fully saturated rings. The third-order valence-electron chi connectivity index (χ3n) is 4.04. The van der Waals surface area contributed by atoms with Crippen molar-refractivity contribution in [3.63, 3.8) is 0 Å². The van der Waals surface area contributed by atoms with Crippen LogP contribution in [0.2, 0.25) is 0 Å². The molecule has 108 valence electrons. The van der Waals surface area contributed by atoms with Gasteiger partial charge in [-0.15, -0.1) is 0 Å². The molecule has 1 heterocycles. The van der Waals surface area contributed by atoms with Crippen LogP contribution in [0.4, 0.5) is 5.95 Å². The molecular weight excluding hydrogens is 240 g/mol. The van der Waals surface area contributed by atoms with Crippen molar-refractivity contribution < 1.29 is 5.11 Å². The smallest absolute Gasteiger partial charge is 0.204 e. The number of imidazole rings is 1. The molecule has 0 aliphatic heterocycles. The van der Waals surface area contributed by atoms with Crippen LogP contribution in [0.15, 0.2) is 6.20 Å². The molecule has 2 rings (SSSR count). The summed E-state index contributed by atoms with van der Waals surface area (Å²) in [4.78, 5) is 6.40. The van der Waals surface area contributed by atoms with Gasteiger partial charge in [0.15, 0.2) is 0 Å². The highest BCUT2D eigenvalue weighted by Crippen LogP contribution is 2.23. The summed E-state index contributed by atoms with van der Waals surface area (Å²) in [5.41, 5.74) is 1.17. The normalized spacial score (nSPS) is 23.6. The van der Waals surface area contributed by atoms with E-state index in [0.717, 1.165) is 31.9 Å². The second-order valence-electron chi connectivity index (χ2n) is 5.75. The molecule has 2 unspecified atom stereocenters.